The van der Waals surface area contributed by atoms with Crippen molar-refractivity contribution in [1.29, 1.82) is 0 Å². The van der Waals surface area contributed by atoms with Crippen LogP contribution < -0.4 is 5.73 Å². The summed E-state index contributed by atoms with van der Waals surface area (Å²) in [6.45, 7) is 4.61. The predicted octanol–water partition coefficient (Wildman–Crippen LogP) is 2.09. The molecule has 21 heavy (non-hydrogen) atoms. The van der Waals surface area contributed by atoms with Crippen LogP contribution in [0.2, 0.25) is 0 Å². The number of halogens is 2. The number of sulfonamides is 1. The first kappa shape index (κ1) is 16.3. The zero-order chi connectivity index (χ0) is 15.8. The quantitative estimate of drug-likeness (QED) is 0.928. The average Bonchev–Trinajstić information content (AvgIpc) is 2.44. The van der Waals surface area contributed by atoms with Crippen molar-refractivity contribution >= 4 is 10.0 Å². The van der Waals surface area contributed by atoms with Crippen LogP contribution in [-0.4, -0.2) is 25.8 Å². The highest BCUT2D eigenvalue weighted by atomic mass is 32.2. The Labute approximate surface area is 124 Å². The van der Waals surface area contributed by atoms with Gasteiger partial charge in [0.15, 0.2) is 11.6 Å². The van der Waals surface area contributed by atoms with Gasteiger partial charge in [0.05, 0.1) is 0 Å². The van der Waals surface area contributed by atoms with Crippen LogP contribution >= 0.6 is 0 Å². The number of nitrogens with two attached hydrogens (primary N) is 1. The lowest BCUT2D eigenvalue weighted by molar-refractivity contribution is 0.212. The van der Waals surface area contributed by atoms with Crippen LogP contribution in [0, 0.1) is 23.5 Å². The van der Waals surface area contributed by atoms with Crippen molar-refractivity contribution < 1.29 is 17.2 Å². The summed E-state index contributed by atoms with van der Waals surface area (Å²) in [5.41, 5.74) is 5.66. The van der Waals surface area contributed by atoms with E-state index in [4.69, 9.17) is 5.73 Å². The van der Waals surface area contributed by atoms with E-state index in [1.165, 1.54) is 4.31 Å². The molecule has 0 amide bonds. The maximum absolute atomic E-state index is 13.9. The van der Waals surface area contributed by atoms with Gasteiger partial charge in [-0.25, -0.2) is 17.2 Å². The van der Waals surface area contributed by atoms with Crippen molar-refractivity contribution in [3.05, 3.63) is 29.3 Å². The molecule has 0 spiro atoms. The van der Waals surface area contributed by atoms with E-state index in [9.17, 15) is 17.2 Å². The van der Waals surface area contributed by atoms with Crippen LogP contribution in [0.1, 0.15) is 25.8 Å². The third-order valence-electron chi connectivity index (χ3n) is 4.21. The van der Waals surface area contributed by atoms with Gasteiger partial charge in [-0.3, -0.25) is 0 Å². The minimum atomic E-state index is -4.04. The largest absolute Gasteiger partial charge is 0.326 e. The normalized spacial score (nSPS) is 24.2. The van der Waals surface area contributed by atoms with Crippen molar-refractivity contribution in [3.8, 4) is 0 Å². The Bertz CT molecular complexity index is 634. The van der Waals surface area contributed by atoms with E-state index in [1.54, 1.807) is 0 Å². The topological polar surface area (TPSA) is 63.4 Å². The highest BCUT2D eigenvalue weighted by Crippen LogP contribution is 2.29. The molecule has 1 aliphatic heterocycles. The molecule has 2 N–H and O–H groups in total. The van der Waals surface area contributed by atoms with E-state index in [0.717, 1.165) is 12.1 Å². The standard InChI is InChI=1S/C14H20F2N2O2S/c1-9-3-4-18(8-10(9)2)21(19,20)13-6-11(7-17)5-12(15)14(13)16/h5-6,9-10H,3-4,7-8,17H2,1-2H3. The summed E-state index contributed by atoms with van der Waals surface area (Å²) in [4.78, 5) is -0.621. The van der Waals surface area contributed by atoms with Gasteiger partial charge >= 0.3 is 0 Å². The first-order valence-electron chi connectivity index (χ1n) is 6.95. The number of rotatable bonds is 3. The van der Waals surface area contributed by atoms with E-state index >= 15 is 0 Å². The molecule has 1 aliphatic rings. The first-order chi connectivity index (χ1) is 9.77. The molecule has 7 heteroatoms. The van der Waals surface area contributed by atoms with E-state index in [1.807, 2.05) is 6.92 Å². The van der Waals surface area contributed by atoms with Crippen LogP contribution in [0.25, 0.3) is 0 Å². The van der Waals surface area contributed by atoms with Gasteiger partial charge in [-0.1, -0.05) is 13.8 Å². The van der Waals surface area contributed by atoms with E-state index < -0.39 is 26.6 Å². The maximum atomic E-state index is 13.9. The van der Waals surface area contributed by atoms with Crippen molar-refractivity contribution in [2.75, 3.05) is 13.1 Å². The predicted molar refractivity (Wildman–Crippen MR) is 76.0 cm³/mol. The molecule has 2 rings (SSSR count). The van der Waals surface area contributed by atoms with Crippen LogP contribution in [0.15, 0.2) is 17.0 Å². The monoisotopic (exact) mass is 318 g/mol. The van der Waals surface area contributed by atoms with Gasteiger partial charge in [0, 0.05) is 19.6 Å². The molecule has 0 radical (unpaired) electrons. The Hall–Kier alpha value is -1.05. The van der Waals surface area contributed by atoms with Gasteiger partial charge in [-0.15, -0.1) is 0 Å². The summed E-state index contributed by atoms with van der Waals surface area (Å²) in [5, 5.41) is 0. The summed E-state index contributed by atoms with van der Waals surface area (Å²) in [7, 11) is -4.04. The second-order valence-corrected chi connectivity index (χ2v) is 7.61. The lowest BCUT2D eigenvalue weighted by Gasteiger charge is -2.34. The molecule has 2 unspecified atom stereocenters. The molecule has 0 saturated carbocycles. The smallest absolute Gasteiger partial charge is 0.246 e. The molecular formula is C14H20F2N2O2S. The number of piperidine rings is 1. The summed E-state index contributed by atoms with van der Waals surface area (Å²) < 4.78 is 53.8. The molecular weight excluding hydrogens is 298 g/mol. The Morgan fingerprint density at radius 2 is 1.95 bits per heavy atom. The summed E-state index contributed by atoms with van der Waals surface area (Å²) in [5.74, 6) is -1.93. The fourth-order valence-electron chi connectivity index (χ4n) is 2.50. The van der Waals surface area contributed by atoms with Gasteiger partial charge < -0.3 is 5.73 Å². The van der Waals surface area contributed by atoms with Crippen molar-refractivity contribution in [2.24, 2.45) is 17.6 Å². The number of benzene rings is 1. The molecule has 2 atom stereocenters. The Morgan fingerprint density at radius 3 is 2.52 bits per heavy atom. The van der Waals surface area contributed by atoms with Crippen molar-refractivity contribution in [2.45, 2.75) is 31.7 Å². The minimum Gasteiger partial charge on any atom is -0.326 e. The number of hydrogen-bond donors (Lipinski definition) is 1. The second-order valence-electron chi connectivity index (χ2n) is 5.70. The summed E-state index contributed by atoms with van der Waals surface area (Å²) in [6, 6.07) is 2.05. The number of hydrogen-bond acceptors (Lipinski definition) is 3. The molecule has 0 aliphatic carbocycles. The van der Waals surface area contributed by atoms with Gasteiger partial charge in [0.2, 0.25) is 10.0 Å². The van der Waals surface area contributed by atoms with E-state index in [0.29, 0.717) is 25.4 Å². The number of nitrogens with zero attached hydrogens (tertiary/aromatic N) is 1. The zero-order valence-corrected chi connectivity index (χ0v) is 13.0. The molecule has 1 aromatic rings. The maximum Gasteiger partial charge on any atom is 0.246 e. The van der Waals surface area contributed by atoms with Gasteiger partial charge in [-0.05, 0) is 36.0 Å². The molecule has 1 aromatic carbocycles. The molecule has 0 bridgehead atoms. The molecule has 1 saturated heterocycles. The third-order valence-corrected chi connectivity index (χ3v) is 6.07. The molecule has 4 nitrogen and oxygen atoms in total. The molecule has 118 valence electrons. The van der Waals surface area contributed by atoms with E-state index in [2.05, 4.69) is 6.92 Å². The fourth-order valence-corrected chi connectivity index (χ4v) is 4.18. The first-order valence-corrected chi connectivity index (χ1v) is 8.39. The Morgan fingerprint density at radius 1 is 1.29 bits per heavy atom. The molecule has 0 aromatic heterocycles. The van der Waals surface area contributed by atoms with Gasteiger partial charge in [0.25, 0.3) is 0 Å². The van der Waals surface area contributed by atoms with Crippen LogP contribution in [0.3, 0.4) is 0 Å². The van der Waals surface area contributed by atoms with E-state index in [-0.39, 0.29) is 18.0 Å². The Kier molecular flexibility index (Phi) is 4.65. The fraction of sp³-hybridized carbons (Fsp3) is 0.571. The summed E-state index contributed by atoms with van der Waals surface area (Å²) in [6.07, 6.45) is 0.709. The van der Waals surface area contributed by atoms with Crippen LogP contribution in [0.4, 0.5) is 8.78 Å². The third kappa shape index (κ3) is 3.09. The van der Waals surface area contributed by atoms with Crippen molar-refractivity contribution in [1.82, 2.24) is 4.31 Å². The van der Waals surface area contributed by atoms with Crippen LogP contribution in [0.5, 0.6) is 0 Å². The highest BCUT2D eigenvalue weighted by molar-refractivity contribution is 7.89. The minimum absolute atomic E-state index is 0.0485. The van der Waals surface area contributed by atoms with Gasteiger partial charge in [-0.2, -0.15) is 4.31 Å². The SMILES string of the molecule is CC1CCN(S(=O)(=O)c2cc(CN)cc(F)c2F)CC1C. The summed E-state index contributed by atoms with van der Waals surface area (Å²) >= 11 is 0. The average molecular weight is 318 g/mol. The van der Waals surface area contributed by atoms with Crippen molar-refractivity contribution in [3.63, 3.8) is 0 Å². The molecule has 1 fully saturated rings. The van der Waals surface area contributed by atoms with Crippen LogP contribution in [-0.2, 0) is 16.6 Å². The molecule has 1 heterocycles. The highest BCUT2D eigenvalue weighted by Gasteiger charge is 2.34. The Balaban J connectivity index is 2.42. The second kappa shape index (κ2) is 5.98. The lowest BCUT2D eigenvalue weighted by atomic mass is 9.90. The lowest BCUT2D eigenvalue weighted by Crippen LogP contribution is -2.42. The zero-order valence-electron chi connectivity index (χ0n) is 12.1. The van der Waals surface area contributed by atoms with Gasteiger partial charge in [0.1, 0.15) is 4.90 Å².